The quantitative estimate of drug-likeness (QED) is 0.466. The van der Waals surface area contributed by atoms with E-state index in [4.69, 9.17) is 0 Å². The number of thioether (sulfide) groups is 1. The number of hydrogen-bond donors (Lipinski definition) is 1. The van der Waals surface area contributed by atoms with Crippen molar-refractivity contribution in [2.75, 3.05) is 19.8 Å². The van der Waals surface area contributed by atoms with Gasteiger partial charge < -0.3 is 9.88 Å². The minimum Gasteiger partial charge on any atom is -0.350 e. The van der Waals surface area contributed by atoms with Crippen molar-refractivity contribution in [2.45, 2.75) is 42.9 Å². The van der Waals surface area contributed by atoms with Gasteiger partial charge in [-0.25, -0.2) is 17.7 Å². The fourth-order valence-electron chi connectivity index (χ4n) is 2.97. The highest BCUT2D eigenvalue weighted by atomic mass is 32.2. The molecular formula is C21H27N5O3S2. The molecule has 1 N–H and O–H groups in total. The fourth-order valence-corrected chi connectivity index (χ4v) is 4.77. The third-order valence-corrected chi connectivity index (χ3v) is 7.51. The maximum atomic E-state index is 12.5. The van der Waals surface area contributed by atoms with Gasteiger partial charge in [-0.05, 0) is 36.8 Å². The van der Waals surface area contributed by atoms with Gasteiger partial charge in [0.15, 0.2) is 5.16 Å². The minimum atomic E-state index is -3.54. The number of aryl methyl sites for hydroxylation is 1. The fraction of sp³-hybridized carbons (Fsp3) is 0.381. The van der Waals surface area contributed by atoms with E-state index in [0.29, 0.717) is 17.2 Å². The molecule has 10 heteroatoms. The molecule has 0 bridgehead atoms. The molecule has 0 aliphatic heterocycles. The Balaban J connectivity index is 1.78. The van der Waals surface area contributed by atoms with Gasteiger partial charge in [0, 0.05) is 26.8 Å². The second kappa shape index (κ2) is 10.3. The molecule has 1 amide bonds. The van der Waals surface area contributed by atoms with Gasteiger partial charge >= 0.3 is 0 Å². The summed E-state index contributed by atoms with van der Waals surface area (Å²) in [7, 11) is -0.533. The molecule has 0 aliphatic carbocycles. The van der Waals surface area contributed by atoms with E-state index in [1.807, 2.05) is 18.2 Å². The highest BCUT2D eigenvalue weighted by Crippen LogP contribution is 2.27. The van der Waals surface area contributed by atoms with E-state index in [9.17, 15) is 13.2 Å². The van der Waals surface area contributed by atoms with Gasteiger partial charge in [-0.2, -0.15) is 0 Å². The Bertz CT molecular complexity index is 1140. The third-order valence-electron chi connectivity index (χ3n) is 4.72. The molecule has 0 fully saturated rings. The molecule has 31 heavy (non-hydrogen) atoms. The largest absolute Gasteiger partial charge is 0.350 e. The summed E-state index contributed by atoms with van der Waals surface area (Å²) in [6.45, 7) is 3.24. The lowest BCUT2D eigenvalue weighted by Gasteiger charge is -2.11. The van der Waals surface area contributed by atoms with E-state index in [0.717, 1.165) is 30.6 Å². The number of aromatic nitrogens is 3. The number of sulfonamides is 1. The SMILES string of the molecule is CCCCn1c(SCC(=O)NCc2ccccn2)nc2cc(S(=O)(=O)N(C)C)ccc21. The van der Waals surface area contributed by atoms with Crippen LogP contribution in [0.4, 0.5) is 0 Å². The molecule has 3 aromatic rings. The van der Waals surface area contributed by atoms with Crippen molar-refractivity contribution < 1.29 is 13.2 Å². The number of carbonyl (C=O) groups excluding carboxylic acids is 1. The average Bonchev–Trinajstić information content (AvgIpc) is 3.12. The Morgan fingerprint density at radius 1 is 1.23 bits per heavy atom. The zero-order valence-electron chi connectivity index (χ0n) is 17.9. The molecule has 2 heterocycles. The van der Waals surface area contributed by atoms with Crippen molar-refractivity contribution in [3.63, 3.8) is 0 Å². The van der Waals surface area contributed by atoms with Crippen molar-refractivity contribution in [3.8, 4) is 0 Å². The number of unbranched alkanes of at least 4 members (excludes halogenated alkanes) is 1. The number of nitrogens with zero attached hydrogens (tertiary/aromatic N) is 4. The summed E-state index contributed by atoms with van der Waals surface area (Å²) in [5.74, 6) is 0.103. The second-order valence-corrected chi connectivity index (χ2v) is 10.3. The van der Waals surface area contributed by atoms with E-state index in [2.05, 4.69) is 26.8 Å². The van der Waals surface area contributed by atoms with Crippen molar-refractivity contribution in [3.05, 3.63) is 48.3 Å². The molecular weight excluding hydrogens is 434 g/mol. The molecule has 2 aromatic heterocycles. The predicted octanol–water partition coefficient (Wildman–Crippen LogP) is 2.89. The van der Waals surface area contributed by atoms with Crippen molar-refractivity contribution in [1.29, 1.82) is 0 Å². The molecule has 0 atom stereocenters. The first-order valence-electron chi connectivity index (χ1n) is 10.0. The summed E-state index contributed by atoms with van der Waals surface area (Å²) < 4.78 is 28.2. The van der Waals surface area contributed by atoms with E-state index in [-0.39, 0.29) is 16.6 Å². The van der Waals surface area contributed by atoms with Gasteiger partial charge in [0.2, 0.25) is 15.9 Å². The molecule has 3 rings (SSSR count). The number of hydrogen-bond acceptors (Lipinski definition) is 6. The lowest BCUT2D eigenvalue weighted by Crippen LogP contribution is -2.25. The number of nitrogens with one attached hydrogen (secondary N) is 1. The summed E-state index contributed by atoms with van der Waals surface area (Å²) in [5.41, 5.74) is 2.27. The standard InChI is InChI=1S/C21H27N5O3S2/c1-4-5-12-26-19-10-9-17(31(28,29)25(2)3)13-18(19)24-21(26)30-15-20(27)23-14-16-8-6-7-11-22-16/h6-11,13H,4-5,12,14-15H2,1-3H3,(H,23,27). The number of rotatable bonds is 10. The normalized spacial score (nSPS) is 11.9. The maximum Gasteiger partial charge on any atom is 0.242 e. The number of amides is 1. The van der Waals surface area contributed by atoms with Crippen LogP contribution in [0.1, 0.15) is 25.5 Å². The topological polar surface area (TPSA) is 97.2 Å². The van der Waals surface area contributed by atoms with Crippen LogP contribution in [-0.2, 0) is 27.9 Å². The van der Waals surface area contributed by atoms with Crippen LogP contribution < -0.4 is 5.32 Å². The van der Waals surface area contributed by atoms with E-state index < -0.39 is 10.0 Å². The molecule has 0 spiro atoms. The summed E-state index contributed by atoms with van der Waals surface area (Å²) in [5, 5.41) is 3.57. The molecule has 0 unspecified atom stereocenters. The van der Waals surface area contributed by atoms with Crippen LogP contribution in [0.2, 0.25) is 0 Å². The maximum absolute atomic E-state index is 12.5. The zero-order chi connectivity index (χ0) is 22.4. The molecule has 0 saturated carbocycles. The van der Waals surface area contributed by atoms with Crippen LogP contribution in [0.15, 0.2) is 52.6 Å². The molecule has 0 aliphatic rings. The summed E-state index contributed by atoms with van der Waals surface area (Å²) in [6, 6.07) is 10.6. The first-order chi connectivity index (χ1) is 14.8. The van der Waals surface area contributed by atoms with Gasteiger partial charge in [0.1, 0.15) is 0 Å². The van der Waals surface area contributed by atoms with E-state index in [1.165, 1.54) is 30.2 Å². The van der Waals surface area contributed by atoms with Gasteiger partial charge in [-0.1, -0.05) is 31.2 Å². The molecule has 166 valence electrons. The molecule has 1 aromatic carbocycles. The molecule has 0 radical (unpaired) electrons. The second-order valence-electron chi connectivity index (χ2n) is 7.22. The third kappa shape index (κ3) is 5.63. The van der Waals surface area contributed by atoms with Crippen molar-refractivity contribution in [1.82, 2.24) is 24.2 Å². The number of pyridine rings is 1. The highest BCUT2D eigenvalue weighted by Gasteiger charge is 2.20. The Kier molecular flexibility index (Phi) is 7.69. The van der Waals surface area contributed by atoms with E-state index in [1.54, 1.807) is 24.4 Å². The first-order valence-corrected chi connectivity index (χ1v) is 12.5. The van der Waals surface area contributed by atoms with Gasteiger partial charge in [-0.3, -0.25) is 9.78 Å². The van der Waals surface area contributed by atoms with Crippen LogP contribution >= 0.6 is 11.8 Å². The van der Waals surface area contributed by atoms with Crippen LogP contribution in [0.5, 0.6) is 0 Å². The monoisotopic (exact) mass is 461 g/mol. The number of carbonyl (C=O) groups is 1. The lowest BCUT2D eigenvalue weighted by atomic mass is 10.3. The van der Waals surface area contributed by atoms with Crippen molar-refractivity contribution in [2.24, 2.45) is 0 Å². The highest BCUT2D eigenvalue weighted by molar-refractivity contribution is 7.99. The van der Waals surface area contributed by atoms with Gasteiger partial charge in [0.25, 0.3) is 0 Å². The number of imidazole rings is 1. The van der Waals surface area contributed by atoms with Crippen LogP contribution in [0, 0.1) is 0 Å². The first kappa shape index (κ1) is 23.2. The Hall–Kier alpha value is -2.43. The zero-order valence-corrected chi connectivity index (χ0v) is 19.5. The Labute approximate surface area is 187 Å². The Morgan fingerprint density at radius 2 is 2.03 bits per heavy atom. The summed E-state index contributed by atoms with van der Waals surface area (Å²) >= 11 is 1.35. The average molecular weight is 462 g/mol. The Morgan fingerprint density at radius 3 is 2.71 bits per heavy atom. The number of benzene rings is 1. The van der Waals surface area contributed by atoms with Crippen LogP contribution in [0.3, 0.4) is 0 Å². The summed E-state index contributed by atoms with van der Waals surface area (Å²) in [6.07, 6.45) is 3.67. The summed E-state index contributed by atoms with van der Waals surface area (Å²) in [4.78, 5) is 21.3. The predicted molar refractivity (Wildman–Crippen MR) is 122 cm³/mol. The van der Waals surface area contributed by atoms with E-state index >= 15 is 0 Å². The van der Waals surface area contributed by atoms with Crippen LogP contribution in [-0.4, -0.2) is 53.0 Å². The lowest BCUT2D eigenvalue weighted by molar-refractivity contribution is -0.118. The smallest absolute Gasteiger partial charge is 0.242 e. The van der Waals surface area contributed by atoms with Gasteiger partial charge in [-0.15, -0.1) is 0 Å². The van der Waals surface area contributed by atoms with Crippen molar-refractivity contribution >= 4 is 38.7 Å². The molecule has 8 nitrogen and oxygen atoms in total. The van der Waals surface area contributed by atoms with Crippen LogP contribution in [0.25, 0.3) is 11.0 Å². The molecule has 0 saturated heterocycles. The number of fused-ring (bicyclic) bond motifs is 1. The van der Waals surface area contributed by atoms with Gasteiger partial charge in [0.05, 0.1) is 33.9 Å². The minimum absolute atomic E-state index is 0.111.